The summed E-state index contributed by atoms with van der Waals surface area (Å²) in [5.41, 5.74) is 10.1. The van der Waals surface area contributed by atoms with Crippen LogP contribution in [0.15, 0.2) is 60.9 Å². The zero-order chi connectivity index (χ0) is 23.8. The first-order chi connectivity index (χ1) is 16.7. The van der Waals surface area contributed by atoms with E-state index in [9.17, 15) is 4.79 Å². The predicted octanol–water partition coefficient (Wildman–Crippen LogP) is 5.86. The highest BCUT2D eigenvalue weighted by Gasteiger charge is 2.39. The van der Waals surface area contributed by atoms with Crippen LogP contribution in [0.25, 0.3) is 22.5 Å². The first-order valence-corrected chi connectivity index (χ1v) is 12.5. The van der Waals surface area contributed by atoms with Crippen molar-refractivity contribution in [3.8, 4) is 28.3 Å². The van der Waals surface area contributed by atoms with Crippen molar-refractivity contribution >= 4 is 6.29 Å². The van der Waals surface area contributed by atoms with Crippen LogP contribution in [-0.4, -0.2) is 28.9 Å². The smallest absolute Gasteiger partial charge is 0.159 e. The lowest BCUT2D eigenvalue weighted by Gasteiger charge is -2.10. The highest BCUT2D eigenvalue weighted by molar-refractivity contribution is 5.64. The van der Waals surface area contributed by atoms with Crippen LogP contribution in [0, 0.1) is 11.8 Å². The molecule has 1 aliphatic carbocycles. The molecule has 3 aromatic rings. The summed E-state index contributed by atoms with van der Waals surface area (Å²) >= 11 is 0. The Hall–Kier alpha value is -3.05. The quantitative estimate of drug-likeness (QED) is 0.257. The number of aromatic nitrogens is 2. The Labute approximate surface area is 202 Å². The maximum absolute atomic E-state index is 11.4. The molecular formula is C29H35N3O2. The molecule has 0 saturated heterocycles. The fourth-order valence-electron chi connectivity index (χ4n) is 4.36. The topological polar surface area (TPSA) is 78.1 Å². The van der Waals surface area contributed by atoms with Crippen molar-refractivity contribution in [2.24, 2.45) is 17.6 Å². The molecule has 1 saturated carbocycles. The summed E-state index contributed by atoms with van der Waals surface area (Å²) in [6, 6.07) is 16.5. The van der Waals surface area contributed by atoms with E-state index in [0.29, 0.717) is 11.7 Å². The average molecular weight is 458 g/mol. The Morgan fingerprint density at radius 1 is 0.941 bits per heavy atom. The minimum atomic E-state index is 0.0129. The minimum absolute atomic E-state index is 0.0129. The number of hydrogen-bond donors (Lipinski definition) is 1. The van der Waals surface area contributed by atoms with Gasteiger partial charge in [-0.3, -0.25) is 0 Å². The Kier molecular flexibility index (Phi) is 8.42. The summed E-state index contributed by atoms with van der Waals surface area (Å²) < 4.78 is 5.86. The summed E-state index contributed by atoms with van der Waals surface area (Å²) in [6.07, 6.45) is 12.6. The molecule has 2 aromatic carbocycles. The third-order valence-electron chi connectivity index (χ3n) is 6.66. The standard InChI is InChI=1S/C29H35N3O2/c1-2-3-4-5-6-15-34-26-13-11-22(12-14-26)25-18-31-29(32-19-25)23-9-7-21(8-10-23)16-24(20-33)27-17-28(27)30/h7-14,18-20,24,27-28H,2-6,15-17,30H2,1H3. The van der Waals surface area contributed by atoms with Gasteiger partial charge < -0.3 is 15.3 Å². The lowest BCUT2D eigenvalue weighted by molar-refractivity contribution is -0.111. The van der Waals surface area contributed by atoms with Gasteiger partial charge in [-0.1, -0.05) is 69.0 Å². The van der Waals surface area contributed by atoms with E-state index < -0.39 is 0 Å². The maximum atomic E-state index is 11.4. The summed E-state index contributed by atoms with van der Waals surface area (Å²) in [4.78, 5) is 20.5. The second kappa shape index (κ2) is 11.9. The molecule has 34 heavy (non-hydrogen) atoms. The highest BCUT2D eigenvalue weighted by atomic mass is 16.5. The molecule has 1 aliphatic rings. The Bertz CT molecular complexity index is 1030. The van der Waals surface area contributed by atoms with Crippen molar-refractivity contribution in [1.82, 2.24) is 9.97 Å². The van der Waals surface area contributed by atoms with Gasteiger partial charge in [0.25, 0.3) is 0 Å². The van der Waals surface area contributed by atoms with Crippen LogP contribution in [0.3, 0.4) is 0 Å². The second-order valence-corrected chi connectivity index (χ2v) is 9.35. The van der Waals surface area contributed by atoms with E-state index in [1.165, 1.54) is 25.7 Å². The molecule has 4 rings (SSSR count). The zero-order valence-corrected chi connectivity index (χ0v) is 20.0. The van der Waals surface area contributed by atoms with E-state index in [1.807, 2.05) is 36.7 Å². The van der Waals surface area contributed by atoms with Gasteiger partial charge >= 0.3 is 0 Å². The molecule has 0 amide bonds. The Balaban J connectivity index is 1.30. The van der Waals surface area contributed by atoms with Crippen LogP contribution in [0.4, 0.5) is 0 Å². The SMILES string of the molecule is CCCCCCCOc1ccc(-c2cnc(-c3ccc(CC(C=O)C4CC4N)cc3)nc2)cc1. The average Bonchev–Trinajstić information content (AvgIpc) is 3.61. The Morgan fingerprint density at radius 2 is 1.59 bits per heavy atom. The summed E-state index contributed by atoms with van der Waals surface area (Å²) in [7, 11) is 0. The maximum Gasteiger partial charge on any atom is 0.159 e. The fourth-order valence-corrected chi connectivity index (χ4v) is 4.36. The van der Waals surface area contributed by atoms with E-state index in [1.54, 1.807) is 0 Å². The van der Waals surface area contributed by atoms with Crippen molar-refractivity contribution < 1.29 is 9.53 Å². The van der Waals surface area contributed by atoms with Gasteiger partial charge in [-0.25, -0.2) is 9.97 Å². The fraction of sp³-hybridized carbons (Fsp3) is 0.414. The molecule has 0 aliphatic heterocycles. The van der Waals surface area contributed by atoms with Crippen LogP contribution in [-0.2, 0) is 11.2 Å². The number of carbonyl (C=O) groups is 1. The zero-order valence-electron chi connectivity index (χ0n) is 20.0. The van der Waals surface area contributed by atoms with E-state index in [0.717, 1.165) is 60.2 Å². The summed E-state index contributed by atoms with van der Waals surface area (Å²) in [6.45, 7) is 3.00. The van der Waals surface area contributed by atoms with Crippen molar-refractivity contribution in [3.63, 3.8) is 0 Å². The van der Waals surface area contributed by atoms with Crippen molar-refractivity contribution in [2.45, 2.75) is 57.9 Å². The second-order valence-electron chi connectivity index (χ2n) is 9.35. The van der Waals surface area contributed by atoms with Gasteiger partial charge in [0, 0.05) is 35.5 Å². The van der Waals surface area contributed by atoms with Gasteiger partial charge in [0.1, 0.15) is 12.0 Å². The largest absolute Gasteiger partial charge is 0.494 e. The highest BCUT2D eigenvalue weighted by Crippen LogP contribution is 2.36. The molecule has 178 valence electrons. The Morgan fingerprint density at radius 3 is 2.21 bits per heavy atom. The third-order valence-corrected chi connectivity index (χ3v) is 6.66. The normalized spacial score (nSPS) is 17.8. The molecule has 3 atom stereocenters. The lowest BCUT2D eigenvalue weighted by atomic mass is 9.95. The number of rotatable bonds is 13. The molecule has 2 N–H and O–H groups in total. The first-order valence-electron chi connectivity index (χ1n) is 12.5. The van der Waals surface area contributed by atoms with Gasteiger partial charge in [0.05, 0.1) is 6.61 Å². The van der Waals surface area contributed by atoms with Gasteiger partial charge in [0.15, 0.2) is 5.82 Å². The number of benzene rings is 2. The van der Waals surface area contributed by atoms with Crippen LogP contribution in [0.1, 0.15) is 51.0 Å². The number of nitrogens with two attached hydrogens (primary N) is 1. The molecular weight excluding hydrogens is 422 g/mol. The number of nitrogens with zero attached hydrogens (tertiary/aromatic N) is 2. The van der Waals surface area contributed by atoms with E-state index >= 15 is 0 Å². The van der Waals surface area contributed by atoms with Gasteiger partial charge in [-0.2, -0.15) is 0 Å². The number of ether oxygens (including phenoxy) is 1. The van der Waals surface area contributed by atoms with Gasteiger partial charge in [-0.15, -0.1) is 0 Å². The summed E-state index contributed by atoms with van der Waals surface area (Å²) in [5.74, 6) is 1.94. The molecule has 0 bridgehead atoms. The van der Waals surface area contributed by atoms with Crippen LogP contribution in [0.2, 0.25) is 0 Å². The van der Waals surface area contributed by atoms with Crippen molar-refractivity contribution in [3.05, 3.63) is 66.5 Å². The number of unbranched alkanes of at least 4 members (excludes halogenated alkanes) is 4. The van der Waals surface area contributed by atoms with Gasteiger partial charge in [-0.05, 0) is 48.4 Å². The van der Waals surface area contributed by atoms with Gasteiger partial charge in [0.2, 0.25) is 0 Å². The molecule has 1 aromatic heterocycles. The van der Waals surface area contributed by atoms with Crippen LogP contribution >= 0.6 is 0 Å². The minimum Gasteiger partial charge on any atom is -0.494 e. The van der Waals surface area contributed by atoms with E-state index in [4.69, 9.17) is 10.5 Å². The predicted molar refractivity (Wildman–Crippen MR) is 136 cm³/mol. The number of hydrogen-bond acceptors (Lipinski definition) is 5. The van der Waals surface area contributed by atoms with E-state index in [2.05, 4.69) is 41.2 Å². The molecule has 1 heterocycles. The molecule has 1 fully saturated rings. The lowest BCUT2D eigenvalue weighted by Crippen LogP contribution is -2.14. The van der Waals surface area contributed by atoms with Crippen LogP contribution in [0.5, 0.6) is 5.75 Å². The third kappa shape index (κ3) is 6.51. The number of carbonyl (C=O) groups excluding carboxylic acids is 1. The molecule has 5 heteroatoms. The van der Waals surface area contributed by atoms with Crippen molar-refractivity contribution in [1.29, 1.82) is 0 Å². The van der Waals surface area contributed by atoms with Crippen LogP contribution < -0.4 is 10.5 Å². The molecule has 5 nitrogen and oxygen atoms in total. The molecule has 0 radical (unpaired) electrons. The number of aldehydes is 1. The van der Waals surface area contributed by atoms with E-state index in [-0.39, 0.29) is 12.0 Å². The van der Waals surface area contributed by atoms with Crippen molar-refractivity contribution in [2.75, 3.05) is 6.61 Å². The molecule has 3 unspecified atom stereocenters. The first kappa shape index (κ1) is 24.1. The molecule has 0 spiro atoms. The summed E-state index contributed by atoms with van der Waals surface area (Å²) in [5, 5.41) is 0. The monoisotopic (exact) mass is 457 g/mol.